The van der Waals surface area contributed by atoms with Crippen LogP contribution in [0.5, 0.6) is 0 Å². The minimum Gasteiger partial charge on any atom is -0.349 e. The highest BCUT2D eigenvalue weighted by Crippen LogP contribution is 2.37. The first-order valence-electron chi connectivity index (χ1n) is 6.93. The molecule has 0 saturated carbocycles. The van der Waals surface area contributed by atoms with Gasteiger partial charge in [-0.1, -0.05) is 13.2 Å². The SMILES string of the molecule is C=C[C@@H]1OC[C@@H]2O[C@H](OCCCl)[C@@H]3O[C@H](C=C)O[C@H]3[C@H]2O1. The Kier molecular flexibility index (Phi) is 4.96. The van der Waals surface area contributed by atoms with Crippen molar-refractivity contribution in [3.8, 4) is 0 Å². The monoisotopic (exact) mass is 318 g/mol. The maximum absolute atomic E-state index is 5.89. The van der Waals surface area contributed by atoms with Gasteiger partial charge in [0, 0.05) is 5.88 Å². The van der Waals surface area contributed by atoms with Gasteiger partial charge >= 0.3 is 0 Å². The van der Waals surface area contributed by atoms with Crippen molar-refractivity contribution in [1.29, 1.82) is 0 Å². The van der Waals surface area contributed by atoms with E-state index in [9.17, 15) is 0 Å². The van der Waals surface area contributed by atoms with Crippen LogP contribution in [-0.2, 0) is 28.4 Å². The lowest BCUT2D eigenvalue weighted by Gasteiger charge is -2.45. The molecule has 3 fully saturated rings. The molecule has 0 aromatic carbocycles. The zero-order chi connectivity index (χ0) is 14.8. The summed E-state index contributed by atoms with van der Waals surface area (Å²) in [5, 5.41) is 0. The molecule has 7 heteroatoms. The average Bonchev–Trinajstić information content (AvgIpc) is 2.97. The van der Waals surface area contributed by atoms with Crippen LogP contribution in [0.1, 0.15) is 0 Å². The van der Waals surface area contributed by atoms with E-state index in [0.29, 0.717) is 19.1 Å². The topological polar surface area (TPSA) is 55.4 Å². The molecule has 3 rings (SSSR count). The molecular weight excluding hydrogens is 300 g/mol. The highest BCUT2D eigenvalue weighted by molar-refractivity contribution is 6.17. The van der Waals surface area contributed by atoms with Crippen LogP contribution in [0.3, 0.4) is 0 Å². The molecule has 21 heavy (non-hydrogen) atoms. The molecule has 0 unspecified atom stereocenters. The molecule has 0 bridgehead atoms. The maximum Gasteiger partial charge on any atom is 0.187 e. The van der Waals surface area contributed by atoms with Crippen LogP contribution in [0.4, 0.5) is 0 Å². The summed E-state index contributed by atoms with van der Waals surface area (Å²) in [5.41, 5.74) is 0. The predicted molar refractivity (Wildman–Crippen MR) is 73.9 cm³/mol. The Morgan fingerprint density at radius 1 is 1.00 bits per heavy atom. The molecule has 0 N–H and O–H groups in total. The summed E-state index contributed by atoms with van der Waals surface area (Å²) < 4.78 is 34.4. The van der Waals surface area contributed by atoms with Crippen molar-refractivity contribution >= 4 is 11.6 Å². The summed E-state index contributed by atoms with van der Waals surface area (Å²) in [7, 11) is 0. The number of rotatable bonds is 5. The van der Waals surface area contributed by atoms with Crippen molar-refractivity contribution < 1.29 is 28.4 Å². The molecule has 7 atom stereocenters. The zero-order valence-corrected chi connectivity index (χ0v) is 12.3. The Morgan fingerprint density at radius 3 is 2.43 bits per heavy atom. The van der Waals surface area contributed by atoms with Crippen molar-refractivity contribution in [2.45, 2.75) is 43.3 Å². The quantitative estimate of drug-likeness (QED) is 0.561. The lowest BCUT2D eigenvalue weighted by atomic mass is 9.98. The van der Waals surface area contributed by atoms with E-state index in [1.54, 1.807) is 12.2 Å². The van der Waals surface area contributed by atoms with E-state index >= 15 is 0 Å². The van der Waals surface area contributed by atoms with Crippen molar-refractivity contribution in [3.63, 3.8) is 0 Å². The van der Waals surface area contributed by atoms with E-state index in [4.69, 9.17) is 40.0 Å². The number of hydrogen-bond acceptors (Lipinski definition) is 6. The fourth-order valence-electron chi connectivity index (χ4n) is 2.73. The van der Waals surface area contributed by atoms with E-state index in [2.05, 4.69) is 13.2 Å². The number of fused-ring (bicyclic) bond motifs is 3. The van der Waals surface area contributed by atoms with Gasteiger partial charge in [0.1, 0.15) is 24.4 Å². The van der Waals surface area contributed by atoms with E-state index in [-0.39, 0.29) is 24.4 Å². The maximum atomic E-state index is 5.89. The third kappa shape index (κ3) is 3.03. The highest BCUT2D eigenvalue weighted by atomic mass is 35.5. The van der Waals surface area contributed by atoms with Gasteiger partial charge in [0.2, 0.25) is 0 Å². The van der Waals surface area contributed by atoms with E-state index < -0.39 is 18.9 Å². The van der Waals surface area contributed by atoms with Gasteiger partial charge < -0.3 is 28.4 Å². The van der Waals surface area contributed by atoms with Crippen LogP contribution < -0.4 is 0 Å². The molecule has 3 aliphatic rings. The summed E-state index contributed by atoms with van der Waals surface area (Å²) in [4.78, 5) is 0. The summed E-state index contributed by atoms with van der Waals surface area (Å²) in [5.74, 6) is 0.378. The van der Waals surface area contributed by atoms with Crippen LogP contribution in [0.25, 0.3) is 0 Å². The fraction of sp³-hybridized carbons (Fsp3) is 0.714. The molecule has 3 heterocycles. The number of ether oxygens (including phenoxy) is 6. The Morgan fingerprint density at radius 2 is 1.71 bits per heavy atom. The van der Waals surface area contributed by atoms with Gasteiger partial charge in [-0.25, -0.2) is 0 Å². The molecule has 118 valence electrons. The molecule has 0 radical (unpaired) electrons. The first kappa shape index (κ1) is 15.4. The standard InChI is InChI=1S/C14H19ClO6/c1-3-9-17-7-8-11(19-9)12-13(21-10(4-2)20-12)14(18-8)16-6-5-15/h3-4,8-14H,1-2,5-7H2/t8-,9+,10+,11-,12-,13+,14-/m0/s1. The highest BCUT2D eigenvalue weighted by Gasteiger charge is 2.55. The van der Waals surface area contributed by atoms with Gasteiger partial charge in [-0.15, -0.1) is 11.6 Å². The minimum absolute atomic E-state index is 0.282. The van der Waals surface area contributed by atoms with Crippen molar-refractivity contribution in [3.05, 3.63) is 25.3 Å². The lowest BCUT2D eigenvalue weighted by molar-refractivity contribution is -0.334. The molecule has 3 aliphatic heterocycles. The lowest BCUT2D eigenvalue weighted by Crippen LogP contribution is -2.62. The summed E-state index contributed by atoms with van der Waals surface area (Å²) in [6.45, 7) is 8.11. The fourth-order valence-corrected chi connectivity index (χ4v) is 2.82. The molecule has 0 aliphatic carbocycles. The van der Waals surface area contributed by atoms with Gasteiger partial charge in [0.15, 0.2) is 18.9 Å². The first-order valence-corrected chi connectivity index (χ1v) is 7.46. The van der Waals surface area contributed by atoms with E-state index in [1.165, 1.54) is 0 Å². The third-order valence-corrected chi connectivity index (χ3v) is 3.79. The first-order chi connectivity index (χ1) is 10.3. The van der Waals surface area contributed by atoms with E-state index in [1.807, 2.05) is 0 Å². The normalized spacial score (nSPS) is 45.7. The Bertz CT molecular complexity index is 392. The van der Waals surface area contributed by atoms with Gasteiger partial charge in [-0.2, -0.15) is 0 Å². The van der Waals surface area contributed by atoms with Crippen LogP contribution >= 0.6 is 11.6 Å². The third-order valence-electron chi connectivity index (χ3n) is 3.63. The molecule has 3 saturated heterocycles. The Balaban J connectivity index is 1.76. The van der Waals surface area contributed by atoms with Gasteiger partial charge in [0.05, 0.1) is 13.2 Å². The molecule has 6 nitrogen and oxygen atoms in total. The smallest absolute Gasteiger partial charge is 0.187 e. The van der Waals surface area contributed by atoms with Crippen molar-refractivity contribution in [1.82, 2.24) is 0 Å². The van der Waals surface area contributed by atoms with Crippen molar-refractivity contribution in [2.75, 3.05) is 19.1 Å². The largest absolute Gasteiger partial charge is 0.349 e. The predicted octanol–water partition coefficient (Wildman–Crippen LogP) is 1.19. The summed E-state index contributed by atoms with van der Waals surface area (Å²) in [6.07, 6.45) is 0.382. The van der Waals surface area contributed by atoms with Crippen LogP contribution in [0.15, 0.2) is 25.3 Å². The second-order valence-corrected chi connectivity index (χ2v) is 5.32. The van der Waals surface area contributed by atoms with Gasteiger partial charge in [0.25, 0.3) is 0 Å². The van der Waals surface area contributed by atoms with Crippen LogP contribution in [0.2, 0.25) is 0 Å². The molecule has 0 aromatic heterocycles. The molecular formula is C14H19ClO6. The van der Waals surface area contributed by atoms with Crippen LogP contribution in [-0.4, -0.2) is 62.4 Å². The van der Waals surface area contributed by atoms with Crippen molar-refractivity contribution in [2.24, 2.45) is 0 Å². The number of halogens is 1. The second-order valence-electron chi connectivity index (χ2n) is 4.95. The number of hydrogen-bond donors (Lipinski definition) is 0. The zero-order valence-electron chi connectivity index (χ0n) is 11.6. The van der Waals surface area contributed by atoms with Gasteiger partial charge in [-0.3, -0.25) is 0 Å². The Labute approximate surface area is 128 Å². The number of alkyl halides is 1. The Hall–Kier alpha value is -0.470. The minimum atomic E-state index is -0.563. The average molecular weight is 319 g/mol. The molecule has 0 amide bonds. The molecule has 0 aromatic rings. The summed E-state index contributed by atoms with van der Waals surface area (Å²) in [6, 6.07) is 0. The van der Waals surface area contributed by atoms with Crippen LogP contribution in [0, 0.1) is 0 Å². The molecule has 0 spiro atoms. The van der Waals surface area contributed by atoms with E-state index in [0.717, 1.165) is 0 Å². The van der Waals surface area contributed by atoms with Gasteiger partial charge in [-0.05, 0) is 12.2 Å². The second kappa shape index (κ2) is 6.75. The summed E-state index contributed by atoms with van der Waals surface area (Å²) >= 11 is 5.67.